The molecule has 10 rings (SSSR count). The van der Waals surface area contributed by atoms with Crippen molar-refractivity contribution >= 4 is 61.7 Å². The summed E-state index contributed by atoms with van der Waals surface area (Å²) >= 11 is 0. The van der Waals surface area contributed by atoms with Crippen LogP contribution in [-0.4, -0.2) is 11.4 Å². The van der Waals surface area contributed by atoms with E-state index in [-0.39, 0.29) is 12.3 Å². The molecule has 0 unspecified atom stereocenters. The quantitative estimate of drug-likeness (QED) is 0.198. The van der Waals surface area contributed by atoms with Crippen molar-refractivity contribution in [2.45, 2.75) is 26.2 Å². The van der Waals surface area contributed by atoms with Gasteiger partial charge < -0.3 is 9.38 Å². The molecule has 0 spiro atoms. The summed E-state index contributed by atoms with van der Waals surface area (Å²) in [5.41, 5.74) is 16.3. The van der Waals surface area contributed by atoms with E-state index in [0.29, 0.717) is 0 Å². The first kappa shape index (κ1) is 22.0. The second-order valence-corrected chi connectivity index (χ2v) is 12.6. The second kappa shape index (κ2) is 7.11. The highest BCUT2D eigenvalue weighted by atomic mass is 15.1. The molecule has 0 atom stereocenters. The Balaban J connectivity index is 1.52. The van der Waals surface area contributed by atoms with E-state index < -0.39 is 0 Å². The minimum Gasteiger partial charge on any atom is -0.376 e. The molecule has 1 aromatic heterocycles. The van der Waals surface area contributed by atoms with Gasteiger partial charge in [-0.15, -0.1) is 0 Å². The Morgan fingerprint density at radius 1 is 0.683 bits per heavy atom. The van der Waals surface area contributed by atoms with Gasteiger partial charge in [-0.1, -0.05) is 98.8 Å². The normalized spacial score (nSPS) is 15.3. The van der Waals surface area contributed by atoms with E-state index in [1.54, 1.807) is 0 Å². The van der Waals surface area contributed by atoms with Gasteiger partial charge in [-0.3, -0.25) is 0 Å². The predicted molar refractivity (Wildman–Crippen MR) is 174 cm³/mol. The van der Waals surface area contributed by atoms with Crippen LogP contribution in [0.4, 0.5) is 11.4 Å². The Morgan fingerprint density at radius 3 is 2.34 bits per heavy atom. The first-order chi connectivity index (χ1) is 20.1. The van der Waals surface area contributed by atoms with Crippen LogP contribution in [0.5, 0.6) is 0 Å². The lowest BCUT2D eigenvalue weighted by Gasteiger charge is -2.45. The maximum atomic E-state index is 2.67. The largest absolute Gasteiger partial charge is 0.376 e. The van der Waals surface area contributed by atoms with Gasteiger partial charge in [0.05, 0.1) is 11.0 Å². The Bertz CT molecular complexity index is 2310. The molecule has 7 aromatic rings. The topological polar surface area (TPSA) is 8.17 Å². The molecule has 3 aliphatic heterocycles. The van der Waals surface area contributed by atoms with Crippen LogP contribution in [0.25, 0.3) is 49.4 Å². The van der Waals surface area contributed by atoms with Crippen molar-refractivity contribution in [3.05, 3.63) is 126 Å². The minimum atomic E-state index is -0.146. The SMILES string of the molecule is Cc1cc2c3c4c1c1cc5ccccc5c5c1n4-c1c(cccc1C5(C)C)B3N(c1ccccc1)c1ccccc1-2. The average Bonchev–Trinajstić information content (AvgIpc) is 3.34. The highest BCUT2D eigenvalue weighted by Gasteiger charge is 2.48. The minimum absolute atomic E-state index is 0.0870. The highest BCUT2D eigenvalue weighted by Crippen LogP contribution is 2.53. The standard InChI is InChI=1S/C38H27BN2/c1-22-20-27-26-16-9-10-19-31(26)41(24-13-5-4-6-14-24)39-30-18-11-17-29-36(30)40-35-28(32(22)37(40)34(27)39)21-23-12-7-8-15-25(23)33(35)38(29,2)3/h4-21H,1-3H3. The van der Waals surface area contributed by atoms with Crippen LogP contribution in [0.3, 0.4) is 0 Å². The van der Waals surface area contributed by atoms with Gasteiger partial charge in [0, 0.05) is 38.8 Å². The predicted octanol–water partition coefficient (Wildman–Crippen LogP) is 8.12. The number of para-hydroxylation sites is 3. The van der Waals surface area contributed by atoms with Gasteiger partial charge in [0.1, 0.15) is 0 Å². The van der Waals surface area contributed by atoms with E-state index in [1.165, 1.54) is 88.4 Å². The lowest BCUT2D eigenvalue weighted by molar-refractivity contribution is 0.637. The third-order valence-electron chi connectivity index (χ3n) is 10.2. The fourth-order valence-corrected chi connectivity index (χ4v) is 8.64. The number of hydrogen-bond donors (Lipinski definition) is 0. The molecule has 0 radical (unpaired) electrons. The molecule has 0 fully saturated rings. The van der Waals surface area contributed by atoms with Gasteiger partial charge in [-0.25, -0.2) is 0 Å². The van der Waals surface area contributed by atoms with Crippen molar-refractivity contribution in [3.63, 3.8) is 0 Å². The zero-order valence-corrected chi connectivity index (χ0v) is 23.4. The number of fused-ring (bicyclic) bond motifs is 6. The van der Waals surface area contributed by atoms with Crippen molar-refractivity contribution in [1.82, 2.24) is 4.57 Å². The molecule has 0 N–H and O–H groups in total. The number of aryl methyl sites for hydroxylation is 1. The van der Waals surface area contributed by atoms with Gasteiger partial charge in [0.15, 0.2) is 0 Å². The van der Waals surface area contributed by atoms with Crippen LogP contribution in [-0.2, 0) is 5.41 Å². The zero-order chi connectivity index (χ0) is 27.2. The number of hydrogen-bond acceptors (Lipinski definition) is 1. The monoisotopic (exact) mass is 522 g/mol. The number of nitrogens with zero attached hydrogens (tertiary/aromatic N) is 2. The number of benzene rings is 6. The summed E-state index contributed by atoms with van der Waals surface area (Å²) < 4.78 is 2.67. The zero-order valence-electron chi connectivity index (χ0n) is 23.4. The molecule has 0 aliphatic carbocycles. The molecular weight excluding hydrogens is 495 g/mol. The van der Waals surface area contributed by atoms with Crippen LogP contribution in [0.2, 0.25) is 0 Å². The molecule has 41 heavy (non-hydrogen) atoms. The summed E-state index contributed by atoms with van der Waals surface area (Å²) in [5, 5.41) is 5.48. The van der Waals surface area contributed by atoms with E-state index in [2.05, 4.69) is 139 Å². The molecule has 2 nitrogen and oxygen atoms in total. The molecule has 0 saturated heterocycles. The third kappa shape index (κ3) is 2.41. The average molecular weight is 522 g/mol. The van der Waals surface area contributed by atoms with Crippen molar-refractivity contribution in [2.24, 2.45) is 0 Å². The van der Waals surface area contributed by atoms with Crippen LogP contribution >= 0.6 is 0 Å². The van der Waals surface area contributed by atoms with Gasteiger partial charge in [-0.2, -0.15) is 0 Å². The maximum absolute atomic E-state index is 2.67. The molecule has 3 heteroatoms. The molecule has 0 bridgehead atoms. The lowest BCUT2D eigenvalue weighted by atomic mass is 9.43. The molecular formula is C38H27BN2. The number of anilines is 2. The Hall–Kier alpha value is -4.76. The first-order valence-electron chi connectivity index (χ1n) is 14.7. The van der Waals surface area contributed by atoms with Crippen molar-refractivity contribution in [1.29, 1.82) is 0 Å². The van der Waals surface area contributed by atoms with Crippen molar-refractivity contribution in [2.75, 3.05) is 4.81 Å². The van der Waals surface area contributed by atoms with Crippen LogP contribution in [0, 0.1) is 6.92 Å². The Kier molecular flexibility index (Phi) is 3.81. The highest BCUT2D eigenvalue weighted by molar-refractivity contribution is 6.93. The molecule has 4 heterocycles. The van der Waals surface area contributed by atoms with Crippen molar-refractivity contribution < 1.29 is 0 Å². The Morgan fingerprint density at radius 2 is 1.46 bits per heavy atom. The Labute approximate surface area is 239 Å². The van der Waals surface area contributed by atoms with Crippen molar-refractivity contribution in [3.8, 4) is 16.8 Å². The lowest BCUT2D eigenvalue weighted by Crippen LogP contribution is -2.61. The molecule has 192 valence electrons. The van der Waals surface area contributed by atoms with E-state index in [9.17, 15) is 0 Å². The molecule has 6 aromatic carbocycles. The van der Waals surface area contributed by atoms with Gasteiger partial charge >= 0.3 is 6.85 Å². The molecule has 0 amide bonds. The van der Waals surface area contributed by atoms with Crippen LogP contribution in [0.15, 0.2) is 109 Å². The van der Waals surface area contributed by atoms with Gasteiger partial charge in [-0.05, 0) is 75.1 Å². The first-order valence-corrected chi connectivity index (χ1v) is 14.7. The fraction of sp³-hybridized carbons (Fsp3) is 0.105. The maximum Gasteiger partial charge on any atom is 0.333 e. The third-order valence-corrected chi connectivity index (χ3v) is 10.2. The summed E-state index contributed by atoms with van der Waals surface area (Å²) in [5.74, 6) is 0. The summed E-state index contributed by atoms with van der Waals surface area (Å²) in [7, 11) is 0. The summed E-state index contributed by atoms with van der Waals surface area (Å²) in [6, 6.07) is 41.0. The number of aromatic nitrogens is 1. The smallest absolute Gasteiger partial charge is 0.333 e. The van der Waals surface area contributed by atoms with Crippen LogP contribution < -0.4 is 15.7 Å². The second-order valence-electron chi connectivity index (χ2n) is 12.6. The van der Waals surface area contributed by atoms with Gasteiger partial charge in [0.25, 0.3) is 0 Å². The number of rotatable bonds is 1. The summed E-state index contributed by atoms with van der Waals surface area (Å²) in [4.78, 5) is 2.60. The van der Waals surface area contributed by atoms with Crippen LogP contribution in [0.1, 0.15) is 30.5 Å². The molecule has 3 aliphatic rings. The fourth-order valence-electron chi connectivity index (χ4n) is 8.64. The summed E-state index contributed by atoms with van der Waals surface area (Å²) in [6.07, 6.45) is 0. The van der Waals surface area contributed by atoms with E-state index in [0.717, 1.165) is 0 Å². The summed E-state index contributed by atoms with van der Waals surface area (Å²) in [6.45, 7) is 7.28. The molecule has 0 saturated carbocycles. The van der Waals surface area contributed by atoms with E-state index >= 15 is 0 Å². The van der Waals surface area contributed by atoms with E-state index in [1.807, 2.05) is 0 Å². The van der Waals surface area contributed by atoms with Gasteiger partial charge in [0.2, 0.25) is 0 Å². The van der Waals surface area contributed by atoms with E-state index in [4.69, 9.17) is 0 Å².